The first-order valence-electron chi connectivity index (χ1n) is 10.8. The van der Waals surface area contributed by atoms with Crippen molar-refractivity contribution in [2.24, 2.45) is 0 Å². The van der Waals surface area contributed by atoms with E-state index in [0.717, 1.165) is 33.6 Å². The van der Waals surface area contributed by atoms with Crippen LogP contribution < -0.4 is 5.56 Å². The van der Waals surface area contributed by atoms with E-state index in [-0.39, 0.29) is 5.56 Å². The largest absolute Gasteiger partial charge is 0.360 e. The van der Waals surface area contributed by atoms with Crippen molar-refractivity contribution in [1.29, 1.82) is 0 Å². The van der Waals surface area contributed by atoms with Gasteiger partial charge < -0.3 is 4.98 Å². The lowest BCUT2D eigenvalue weighted by molar-refractivity contribution is 0.891. The van der Waals surface area contributed by atoms with E-state index >= 15 is 0 Å². The van der Waals surface area contributed by atoms with E-state index in [0.29, 0.717) is 21.6 Å². The zero-order valence-electron chi connectivity index (χ0n) is 17.9. The van der Waals surface area contributed by atoms with Crippen LogP contribution in [0.15, 0.2) is 102 Å². The van der Waals surface area contributed by atoms with Crippen molar-refractivity contribution < 1.29 is 0 Å². The van der Waals surface area contributed by atoms with E-state index in [9.17, 15) is 4.79 Å². The van der Waals surface area contributed by atoms with Crippen LogP contribution >= 0.6 is 11.6 Å². The molecular formula is C27H18ClN5O. The van der Waals surface area contributed by atoms with Gasteiger partial charge in [0.25, 0.3) is 5.56 Å². The highest BCUT2D eigenvalue weighted by Crippen LogP contribution is 2.40. The minimum atomic E-state index is -0.341. The first kappa shape index (κ1) is 20.2. The molecule has 34 heavy (non-hydrogen) atoms. The Labute approximate surface area is 199 Å². The van der Waals surface area contributed by atoms with E-state index in [1.54, 1.807) is 16.8 Å². The van der Waals surface area contributed by atoms with Crippen molar-refractivity contribution in [1.82, 2.24) is 25.0 Å². The van der Waals surface area contributed by atoms with Gasteiger partial charge in [-0.1, -0.05) is 72.3 Å². The van der Waals surface area contributed by atoms with E-state index < -0.39 is 0 Å². The minimum Gasteiger partial charge on any atom is -0.360 e. The lowest BCUT2D eigenvalue weighted by Gasteiger charge is -2.08. The first-order chi connectivity index (χ1) is 16.7. The number of aromatic amines is 2. The zero-order valence-corrected chi connectivity index (χ0v) is 18.6. The van der Waals surface area contributed by atoms with E-state index in [1.165, 1.54) is 0 Å². The second-order valence-electron chi connectivity index (χ2n) is 7.90. The Bertz CT molecular complexity index is 1670. The number of fused-ring (bicyclic) bond motifs is 1. The van der Waals surface area contributed by atoms with Gasteiger partial charge in [0.1, 0.15) is 5.69 Å². The Kier molecular flexibility index (Phi) is 4.86. The zero-order chi connectivity index (χ0) is 23.1. The molecule has 6 rings (SSSR count). The highest BCUT2D eigenvalue weighted by Gasteiger charge is 2.21. The van der Waals surface area contributed by atoms with Gasteiger partial charge in [-0.3, -0.25) is 4.79 Å². The fourth-order valence-corrected chi connectivity index (χ4v) is 4.34. The number of benzene rings is 3. The molecule has 0 fully saturated rings. The predicted molar refractivity (Wildman–Crippen MR) is 135 cm³/mol. The summed E-state index contributed by atoms with van der Waals surface area (Å²) < 4.78 is 1.67. The van der Waals surface area contributed by atoms with Crippen LogP contribution in [0.3, 0.4) is 0 Å². The maximum Gasteiger partial charge on any atom is 0.292 e. The molecule has 6 aromatic rings. The standard InChI is InChI=1S/C27H18ClN5O/c28-19-11-13-20(14-12-19)33-16-22-25(30-31-27(34)26(22)32-33)21-15-29-24(18-9-5-2-6-10-18)23(21)17-7-3-1-4-8-17/h1-16,29H,(H,31,34). The molecular weight excluding hydrogens is 446 g/mol. The second kappa shape index (κ2) is 8.17. The molecule has 0 unspecified atom stereocenters. The molecule has 2 N–H and O–H groups in total. The van der Waals surface area contributed by atoms with Crippen LogP contribution in [0.1, 0.15) is 0 Å². The number of nitrogens with one attached hydrogen (secondary N) is 2. The molecule has 0 atom stereocenters. The molecule has 0 spiro atoms. The second-order valence-corrected chi connectivity index (χ2v) is 8.33. The molecule has 0 saturated carbocycles. The van der Waals surface area contributed by atoms with Gasteiger partial charge in [0.2, 0.25) is 0 Å². The Balaban J connectivity index is 1.61. The number of rotatable bonds is 4. The van der Waals surface area contributed by atoms with Crippen LogP contribution in [-0.4, -0.2) is 25.0 Å². The Morgan fingerprint density at radius 2 is 1.50 bits per heavy atom. The fourth-order valence-electron chi connectivity index (χ4n) is 4.21. The Morgan fingerprint density at radius 1 is 0.824 bits per heavy atom. The van der Waals surface area contributed by atoms with Gasteiger partial charge in [-0.2, -0.15) is 10.2 Å². The molecule has 0 aliphatic carbocycles. The smallest absolute Gasteiger partial charge is 0.292 e. The van der Waals surface area contributed by atoms with Crippen molar-refractivity contribution in [3.63, 3.8) is 0 Å². The van der Waals surface area contributed by atoms with E-state index in [4.69, 9.17) is 11.6 Å². The van der Waals surface area contributed by atoms with Gasteiger partial charge in [0.05, 0.1) is 16.8 Å². The van der Waals surface area contributed by atoms with E-state index in [1.807, 2.05) is 60.9 Å². The Hall–Kier alpha value is -4.42. The van der Waals surface area contributed by atoms with Crippen molar-refractivity contribution >= 4 is 22.5 Å². The van der Waals surface area contributed by atoms with Crippen LogP contribution in [-0.2, 0) is 0 Å². The summed E-state index contributed by atoms with van der Waals surface area (Å²) in [5, 5.41) is 12.9. The molecule has 0 radical (unpaired) electrons. The average molecular weight is 464 g/mol. The number of H-pyrrole nitrogens is 2. The number of nitrogens with zero attached hydrogens (tertiary/aromatic N) is 3. The molecule has 3 aromatic heterocycles. The Morgan fingerprint density at radius 3 is 2.21 bits per heavy atom. The van der Waals surface area contributed by atoms with Crippen LogP contribution in [0, 0.1) is 0 Å². The first-order valence-corrected chi connectivity index (χ1v) is 11.1. The summed E-state index contributed by atoms with van der Waals surface area (Å²) in [6.45, 7) is 0. The fraction of sp³-hybridized carbons (Fsp3) is 0. The summed E-state index contributed by atoms with van der Waals surface area (Å²) in [6.07, 6.45) is 3.77. The molecule has 0 saturated heterocycles. The van der Waals surface area contributed by atoms with Gasteiger partial charge >= 0.3 is 0 Å². The summed E-state index contributed by atoms with van der Waals surface area (Å²) >= 11 is 6.04. The monoisotopic (exact) mass is 463 g/mol. The highest BCUT2D eigenvalue weighted by molar-refractivity contribution is 6.30. The van der Waals surface area contributed by atoms with Gasteiger partial charge in [-0.15, -0.1) is 0 Å². The quantitative estimate of drug-likeness (QED) is 0.332. The molecule has 7 heteroatoms. The maximum atomic E-state index is 12.6. The summed E-state index contributed by atoms with van der Waals surface area (Å²) in [4.78, 5) is 16.1. The molecule has 3 aromatic carbocycles. The van der Waals surface area contributed by atoms with Gasteiger partial charge in [-0.05, 0) is 35.4 Å². The summed E-state index contributed by atoms with van der Waals surface area (Å²) in [5.41, 5.74) is 6.39. The van der Waals surface area contributed by atoms with Crippen molar-refractivity contribution in [2.75, 3.05) is 0 Å². The van der Waals surface area contributed by atoms with Gasteiger partial charge in [0, 0.05) is 28.5 Å². The van der Waals surface area contributed by atoms with E-state index in [2.05, 4.69) is 44.5 Å². The third-order valence-corrected chi connectivity index (χ3v) is 6.06. The van der Waals surface area contributed by atoms with Crippen LogP contribution in [0.5, 0.6) is 0 Å². The number of aromatic nitrogens is 5. The number of hydrogen-bond acceptors (Lipinski definition) is 3. The topological polar surface area (TPSA) is 79.4 Å². The van der Waals surface area contributed by atoms with Crippen LogP contribution in [0.2, 0.25) is 5.02 Å². The molecule has 3 heterocycles. The molecule has 6 nitrogen and oxygen atoms in total. The molecule has 0 bridgehead atoms. The molecule has 0 aliphatic heterocycles. The van der Waals surface area contributed by atoms with Gasteiger partial charge in [-0.25, -0.2) is 9.78 Å². The predicted octanol–water partition coefficient (Wildman–Crippen LogP) is 6.09. The lowest BCUT2D eigenvalue weighted by atomic mass is 9.95. The SMILES string of the molecule is O=c1[nH]nc(-c2c[nH]c(-c3ccccc3)c2-c2ccccc2)c2cn(-c3ccc(Cl)cc3)nc12. The number of hydrogen-bond donors (Lipinski definition) is 2. The summed E-state index contributed by atoms with van der Waals surface area (Å²) in [7, 11) is 0. The van der Waals surface area contributed by atoms with Gasteiger partial charge in [0.15, 0.2) is 5.52 Å². The average Bonchev–Trinajstić information content (AvgIpc) is 3.52. The molecule has 0 aliphatic rings. The minimum absolute atomic E-state index is 0.321. The van der Waals surface area contributed by atoms with Crippen LogP contribution in [0.25, 0.3) is 50.2 Å². The van der Waals surface area contributed by atoms with Crippen molar-refractivity contribution in [3.05, 3.63) is 113 Å². The van der Waals surface area contributed by atoms with Crippen molar-refractivity contribution in [2.45, 2.75) is 0 Å². The molecule has 0 amide bonds. The lowest BCUT2D eigenvalue weighted by Crippen LogP contribution is -2.09. The van der Waals surface area contributed by atoms with Crippen molar-refractivity contribution in [3.8, 4) is 39.3 Å². The third kappa shape index (κ3) is 3.41. The van der Waals surface area contributed by atoms with Crippen LogP contribution in [0.4, 0.5) is 0 Å². The number of halogens is 1. The normalized spacial score (nSPS) is 11.2. The third-order valence-electron chi connectivity index (χ3n) is 5.81. The summed E-state index contributed by atoms with van der Waals surface area (Å²) in [5.74, 6) is 0. The molecule has 164 valence electrons. The summed E-state index contributed by atoms with van der Waals surface area (Å²) in [6, 6.07) is 27.6. The highest BCUT2D eigenvalue weighted by atomic mass is 35.5. The maximum absolute atomic E-state index is 12.6.